The zero-order valence-corrected chi connectivity index (χ0v) is 21.8. The molecule has 10 heteroatoms. The molecule has 0 radical (unpaired) electrons. The van der Waals surface area contributed by atoms with E-state index in [1.165, 1.54) is 12.1 Å². The fraction of sp³-hybridized carbons (Fsp3) is 0.310. The fourth-order valence-electron chi connectivity index (χ4n) is 4.86. The molecule has 39 heavy (non-hydrogen) atoms. The summed E-state index contributed by atoms with van der Waals surface area (Å²) in [6, 6.07) is 9.73. The van der Waals surface area contributed by atoms with E-state index in [2.05, 4.69) is 15.0 Å². The molecular weight excluding hydrogens is 507 g/mol. The van der Waals surface area contributed by atoms with Crippen LogP contribution < -0.4 is 4.90 Å². The number of aromatic nitrogens is 2. The van der Waals surface area contributed by atoms with E-state index in [0.717, 1.165) is 29.0 Å². The molecule has 1 unspecified atom stereocenters. The molecule has 2 aromatic carbocycles. The van der Waals surface area contributed by atoms with Crippen LogP contribution in [0.3, 0.4) is 0 Å². The number of aryl methyl sites for hydroxylation is 1. The molecule has 0 spiro atoms. The van der Waals surface area contributed by atoms with Crippen molar-refractivity contribution in [2.45, 2.75) is 59.0 Å². The fourth-order valence-corrected chi connectivity index (χ4v) is 4.86. The Kier molecular flexibility index (Phi) is 6.88. The average molecular weight is 535 g/mol. The Morgan fingerprint density at radius 2 is 1.95 bits per heavy atom. The second-order valence-electron chi connectivity index (χ2n) is 9.92. The van der Waals surface area contributed by atoms with Gasteiger partial charge in [0.2, 0.25) is 18.6 Å². The van der Waals surface area contributed by atoms with Gasteiger partial charge in [-0.3, -0.25) is 9.59 Å². The van der Waals surface area contributed by atoms with Crippen molar-refractivity contribution in [3.05, 3.63) is 88.0 Å². The molecule has 1 amide bonds. The summed E-state index contributed by atoms with van der Waals surface area (Å²) in [4.78, 5) is 41.3. The molecule has 1 aromatic heterocycles. The van der Waals surface area contributed by atoms with Crippen molar-refractivity contribution in [1.29, 1.82) is 0 Å². The predicted octanol–water partition coefficient (Wildman–Crippen LogP) is 4.72. The molecule has 3 heterocycles. The van der Waals surface area contributed by atoms with Crippen LogP contribution in [-0.2, 0) is 36.9 Å². The number of rotatable bonds is 6. The molecule has 0 N–H and O–H groups in total. The molecule has 200 valence electrons. The standard InChI is InChI=1S/C29H27F3N5O2/c1-17-7-8-20(10-26(38)21-5-4-6-23(11-21)29(30,31)32)9-25(17)37-15-22-13-33-27(35-24(22)12-28(37)39)16-36-14-18(2)34-19(36)3/h4-9,11,13-14,19H,10,12,15-16H2,1-3H3/q+1. The van der Waals surface area contributed by atoms with Crippen LogP contribution in [0.1, 0.15) is 58.0 Å². The molecule has 2 aliphatic heterocycles. The van der Waals surface area contributed by atoms with Crippen molar-refractivity contribution in [2.75, 3.05) is 4.90 Å². The number of benzene rings is 2. The van der Waals surface area contributed by atoms with E-state index in [-0.39, 0.29) is 37.0 Å². The second-order valence-corrected chi connectivity index (χ2v) is 9.92. The first-order valence-corrected chi connectivity index (χ1v) is 12.6. The largest absolute Gasteiger partial charge is 0.416 e. The number of halogens is 3. The Hall–Kier alpha value is -4.21. The lowest BCUT2D eigenvalue weighted by Gasteiger charge is -2.29. The molecule has 0 saturated carbocycles. The Morgan fingerprint density at radius 3 is 2.67 bits per heavy atom. The number of ketones is 1. The first kappa shape index (κ1) is 26.4. The molecule has 0 bridgehead atoms. The summed E-state index contributed by atoms with van der Waals surface area (Å²) in [7, 11) is 0. The van der Waals surface area contributed by atoms with Gasteiger partial charge in [-0.2, -0.15) is 13.2 Å². The summed E-state index contributed by atoms with van der Waals surface area (Å²) in [5.41, 5.74) is 3.71. The minimum absolute atomic E-state index is 0.00877. The van der Waals surface area contributed by atoms with Gasteiger partial charge in [0.1, 0.15) is 5.71 Å². The van der Waals surface area contributed by atoms with Crippen molar-refractivity contribution in [1.82, 2.24) is 9.97 Å². The van der Waals surface area contributed by atoms with Crippen LogP contribution in [0.15, 0.2) is 53.7 Å². The van der Waals surface area contributed by atoms with E-state index in [0.29, 0.717) is 29.3 Å². The molecule has 7 nitrogen and oxygen atoms in total. The van der Waals surface area contributed by atoms with Crippen LogP contribution in [0.25, 0.3) is 0 Å². The number of fused-ring (bicyclic) bond motifs is 1. The van der Waals surface area contributed by atoms with Crippen molar-refractivity contribution in [2.24, 2.45) is 4.99 Å². The van der Waals surface area contributed by atoms with Gasteiger partial charge in [-0.1, -0.05) is 24.3 Å². The smallest absolute Gasteiger partial charge is 0.307 e. The maximum Gasteiger partial charge on any atom is 0.416 e. The normalized spacial score (nSPS) is 17.1. The lowest BCUT2D eigenvalue weighted by Crippen LogP contribution is -2.37. The summed E-state index contributed by atoms with van der Waals surface area (Å²) in [5.74, 6) is 0.0588. The lowest BCUT2D eigenvalue weighted by atomic mass is 9.98. The third kappa shape index (κ3) is 5.64. The highest BCUT2D eigenvalue weighted by Crippen LogP contribution is 2.31. The maximum absolute atomic E-state index is 13.2. The summed E-state index contributed by atoms with van der Waals surface area (Å²) in [6.07, 6.45) is -0.768. The molecule has 1 atom stereocenters. The monoisotopic (exact) mass is 534 g/mol. The van der Waals surface area contributed by atoms with Gasteiger partial charge in [-0.15, -0.1) is 0 Å². The van der Waals surface area contributed by atoms with Crippen molar-refractivity contribution < 1.29 is 27.3 Å². The number of alkyl halides is 3. The molecule has 2 aliphatic rings. The number of hydrogen-bond acceptors (Lipinski definition) is 5. The van der Waals surface area contributed by atoms with E-state index in [1.54, 1.807) is 23.2 Å². The minimum Gasteiger partial charge on any atom is -0.307 e. The third-order valence-electron chi connectivity index (χ3n) is 6.94. The Bertz CT molecular complexity index is 1540. The first-order chi connectivity index (χ1) is 18.5. The number of carbonyl (C=O) groups excluding carboxylic acids is 2. The summed E-state index contributed by atoms with van der Waals surface area (Å²) in [5, 5.41) is 0. The highest BCUT2D eigenvalue weighted by molar-refractivity contribution is 6.28. The highest BCUT2D eigenvalue weighted by Gasteiger charge is 2.31. The molecule has 0 aliphatic carbocycles. The zero-order chi connectivity index (χ0) is 27.9. The maximum atomic E-state index is 13.2. The lowest BCUT2D eigenvalue weighted by molar-refractivity contribution is -0.568. The highest BCUT2D eigenvalue weighted by atomic mass is 19.4. The van der Waals surface area contributed by atoms with E-state index in [9.17, 15) is 22.8 Å². The number of carbonyl (C=O) groups is 2. The van der Waals surface area contributed by atoms with Crippen molar-refractivity contribution in [3.8, 4) is 0 Å². The number of anilines is 1. The van der Waals surface area contributed by atoms with E-state index >= 15 is 0 Å². The first-order valence-electron chi connectivity index (χ1n) is 12.6. The number of amides is 1. The van der Waals surface area contributed by atoms with E-state index in [1.807, 2.05) is 37.6 Å². The molecule has 5 rings (SSSR count). The van der Waals surface area contributed by atoms with Gasteiger partial charge in [-0.05, 0) is 43.2 Å². The van der Waals surface area contributed by atoms with Crippen LogP contribution >= 0.6 is 0 Å². The second kappa shape index (κ2) is 10.2. The van der Waals surface area contributed by atoms with Gasteiger partial charge in [0.25, 0.3) is 0 Å². The van der Waals surface area contributed by atoms with Crippen LogP contribution in [0, 0.1) is 6.92 Å². The molecule has 3 aromatic rings. The SMILES string of the molecule is CC1=NC(C)[N+](Cc2ncc3c(n2)CC(=O)N(c2cc(CC(=O)c4cccc(C(F)(F)F)c4)ccc2C)C3)=C1. The summed E-state index contributed by atoms with van der Waals surface area (Å²) >= 11 is 0. The predicted molar refractivity (Wildman–Crippen MR) is 140 cm³/mol. The van der Waals surface area contributed by atoms with Gasteiger partial charge in [0.05, 0.1) is 24.2 Å². The number of aliphatic imine (C=N–C) groups is 1. The van der Waals surface area contributed by atoms with Crippen molar-refractivity contribution >= 4 is 29.3 Å². The average Bonchev–Trinajstić information content (AvgIpc) is 3.20. The molecule has 0 fully saturated rings. The number of hydrogen-bond donors (Lipinski definition) is 0. The molecule has 0 saturated heterocycles. The Labute approximate surface area is 223 Å². The minimum atomic E-state index is -4.53. The summed E-state index contributed by atoms with van der Waals surface area (Å²) in [6.45, 7) is 6.59. The van der Waals surface area contributed by atoms with Gasteiger partial charge in [0, 0.05) is 36.4 Å². The van der Waals surface area contributed by atoms with Crippen LogP contribution in [-0.4, -0.2) is 44.3 Å². The molecular formula is C29H27F3N5O2+. The zero-order valence-electron chi connectivity index (χ0n) is 21.8. The number of nitrogens with zero attached hydrogens (tertiary/aromatic N) is 5. The topological polar surface area (TPSA) is 78.5 Å². The van der Waals surface area contributed by atoms with E-state index in [4.69, 9.17) is 0 Å². The van der Waals surface area contributed by atoms with Crippen LogP contribution in [0.2, 0.25) is 0 Å². The van der Waals surface area contributed by atoms with Crippen molar-refractivity contribution in [3.63, 3.8) is 0 Å². The Morgan fingerprint density at radius 1 is 1.15 bits per heavy atom. The quantitative estimate of drug-likeness (QED) is 0.339. The summed E-state index contributed by atoms with van der Waals surface area (Å²) < 4.78 is 41.3. The van der Waals surface area contributed by atoms with Gasteiger partial charge >= 0.3 is 6.18 Å². The van der Waals surface area contributed by atoms with Crippen LogP contribution in [0.4, 0.5) is 18.9 Å². The van der Waals surface area contributed by atoms with Crippen LogP contribution in [0.5, 0.6) is 0 Å². The van der Waals surface area contributed by atoms with Gasteiger partial charge in [0.15, 0.2) is 17.8 Å². The Balaban J connectivity index is 1.34. The third-order valence-corrected chi connectivity index (χ3v) is 6.94. The number of Topliss-reactive ketones (excluding diaryl/α,β-unsaturated/α-hetero) is 1. The van der Waals surface area contributed by atoms with Gasteiger partial charge in [-0.25, -0.2) is 19.5 Å². The van der Waals surface area contributed by atoms with E-state index < -0.39 is 17.5 Å². The van der Waals surface area contributed by atoms with Gasteiger partial charge < -0.3 is 4.90 Å².